The standard InChI is InChI=1S/C21H21ClN4O2S/c1-13(2)18(23-19(27)15-8-10-16(22)11-9-15)20(28)24-21-26-25-17(29-21)12-14-6-4-3-5-7-14/h3-11,13,18H,12H2,1-2H3,(H,23,27)(H,24,26,28). The second-order valence-corrected chi connectivity index (χ2v) is 8.35. The fraction of sp³-hybridized carbons (Fsp3) is 0.238. The Morgan fingerprint density at radius 3 is 2.38 bits per heavy atom. The SMILES string of the molecule is CC(C)C(NC(=O)c1ccc(Cl)cc1)C(=O)Nc1nnc(Cc2ccccc2)s1. The first-order valence-electron chi connectivity index (χ1n) is 9.16. The van der Waals surface area contributed by atoms with Crippen molar-refractivity contribution in [3.8, 4) is 0 Å². The Bertz CT molecular complexity index is 974. The lowest BCUT2D eigenvalue weighted by Gasteiger charge is -2.21. The van der Waals surface area contributed by atoms with Crippen LogP contribution in [0.5, 0.6) is 0 Å². The van der Waals surface area contributed by atoms with Gasteiger partial charge < -0.3 is 5.32 Å². The minimum Gasteiger partial charge on any atom is -0.340 e. The number of nitrogens with zero attached hydrogens (tertiary/aromatic N) is 2. The summed E-state index contributed by atoms with van der Waals surface area (Å²) in [7, 11) is 0. The average molecular weight is 429 g/mol. The van der Waals surface area contributed by atoms with Crippen molar-refractivity contribution in [3.05, 3.63) is 75.8 Å². The van der Waals surface area contributed by atoms with Crippen molar-refractivity contribution in [1.82, 2.24) is 15.5 Å². The first-order chi connectivity index (χ1) is 13.9. The highest BCUT2D eigenvalue weighted by Crippen LogP contribution is 2.19. The van der Waals surface area contributed by atoms with Crippen LogP contribution < -0.4 is 10.6 Å². The zero-order valence-electron chi connectivity index (χ0n) is 16.1. The molecule has 6 nitrogen and oxygen atoms in total. The number of rotatable bonds is 7. The Kier molecular flexibility index (Phi) is 6.95. The smallest absolute Gasteiger partial charge is 0.251 e. The van der Waals surface area contributed by atoms with E-state index in [0.717, 1.165) is 10.6 Å². The van der Waals surface area contributed by atoms with Crippen LogP contribution in [0.3, 0.4) is 0 Å². The minimum absolute atomic E-state index is 0.108. The van der Waals surface area contributed by atoms with Crippen LogP contribution in [0.15, 0.2) is 54.6 Å². The zero-order valence-corrected chi connectivity index (χ0v) is 17.6. The number of carbonyl (C=O) groups excluding carboxylic acids is 2. The first-order valence-corrected chi connectivity index (χ1v) is 10.4. The van der Waals surface area contributed by atoms with E-state index in [4.69, 9.17) is 11.6 Å². The van der Waals surface area contributed by atoms with E-state index in [9.17, 15) is 9.59 Å². The third kappa shape index (κ3) is 5.85. The predicted octanol–water partition coefficient (Wildman–Crippen LogP) is 4.18. The van der Waals surface area contributed by atoms with Gasteiger partial charge in [-0.15, -0.1) is 10.2 Å². The van der Waals surface area contributed by atoms with Crippen molar-refractivity contribution in [2.75, 3.05) is 5.32 Å². The predicted molar refractivity (Wildman–Crippen MR) is 115 cm³/mol. The summed E-state index contributed by atoms with van der Waals surface area (Å²) in [5.41, 5.74) is 1.56. The lowest BCUT2D eigenvalue weighted by atomic mass is 10.0. The topological polar surface area (TPSA) is 84.0 Å². The number of aromatic nitrogens is 2. The molecule has 29 heavy (non-hydrogen) atoms. The number of hydrogen-bond donors (Lipinski definition) is 2. The molecule has 8 heteroatoms. The van der Waals surface area contributed by atoms with Crippen LogP contribution in [-0.2, 0) is 11.2 Å². The lowest BCUT2D eigenvalue weighted by Crippen LogP contribution is -2.47. The number of benzene rings is 2. The summed E-state index contributed by atoms with van der Waals surface area (Å²) in [6.07, 6.45) is 0.648. The summed E-state index contributed by atoms with van der Waals surface area (Å²) in [5.74, 6) is -0.773. The highest BCUT2D eigenvalue weighted by Gasteiger charge is 2.25. The molecule has 0 aliphatic carbocycles. The van der Waals surface area contributed by atoms with Crippen LogP contribution in [0.2, 0.25) is 5.02 Å². The Morgan fingerprint density at radius 2 is 1.72 bits per heavy atom. The maximum absolute atomic E-state index is 12.7. The average Bonchev–Trinajstić information content (AvgIpc) is 3.13. The summed E-state index contributed by atoms with van der Waals surface area (Å²) in [6, 6.07) is 15.7. The zero-order chi connectivity index (χ0) is 20.8. The van der Waals surface area contributed by atoms with Gasteiger partial charge in [0, 0.05) is 17.0 Å². The molecule has 0 radical (unpaired) electrons. The van der Waals surface area contributed by atoms with Gasteiger partial charge in [0.2, 0.25) is 11.0 Å². The summed E-state index contributed by atoms with van der Waals surface area (Å²) in [4.78, 5) is 25.2. The fourth-order valence-electron chi connectivity index (χ4n) is 2.69. The Labute approximate surface area is 178 Å². The van der Waals surface area contributed by atoms with Gasteiger partial charge in [0.15, 0.2) is 0 Å². The summed E-state index contributed by atoms with van der Waals surface area (Å²) < 4.78 is 0. The van der Waals surface area contributed by atoms with Gasteiger partial charge in [0.05, 0.1) is 0 Å². The van der Waals surface area contributed by atoms with Gasteiger partial charge in [-0.1, -0.05) is 67.1 Å². The maximum atomic E-state index is 12.7. The Balaban J connectivity index is 1.64. The molecule has 0 saturated carbocycles. The van der Waals surface area contributed by atoms with Crippen LogP contribution in [-0.4, -0.2) is 28.1 Å². The van der Waals surface area contributed by atoms with Crippen molar-refractivity contribution in [2.24, 2.45) is 5.92 Å². The molecule has 2 amide bonds. The van der Waals surface area contributed by atoms with Gasteiger partial charge in [-0.25, -0.2) is 0 Å². The maximum Gasteiger partial charge on any atom is 0.251 e. The quantitative estimate of drug-likeness (QED) is 0.591. The van der Waals surface area contributed by atoms with Crippen LogP contribution in [0, 0.1) is 5.92 Å². The molecular formula is C21H21ClN4O2S. The summed E-state index contributed by atoms with van der Waals surface area (Å²) in [5, 5.41) is 15.5. The van der Waals surface area contributed by atoms with Crippen LogP contribution in [0.4, 0.5) is 5.13 Å². The molecule has 2 aromatic carbocycles. The fourth-order valence-corrected chi connectivity index (χ4v) is 3.59. The molecule has 0 spiro atoms. The molecule has 3 aromatic rings. The van der Waals surface area contributed by atoms with E-state index in [1.54, 1.807) is 24.3 Å². The minimum atomic E-state index is -0.709. The second kappa shape index (κ2) is 9.62. The van der Waals surface area contributed by atoms with Gasteiger partial charge in [-0.05, 0) is 35.7 Å². The van der Waals surface area contributed by atoms with E-state index in [2.05, 4.69) is 20.8 Å². The van der Waals surface area contributed by atoms with Gasteiger partial charge in [-0.3, -0.25) is 14.9 Å². The van der Waals surface area contributed by atoms with Crippen LogP contribution >= 0.6 is 22.9 Å². The first kappa shape index (κ1) is 21.0. The molecule has 0 saturated heterocycles. The number of carbonyl (C=O) groups is 2. The van der Waals surface area contributed by atoms with Gasteiger partial charge in [-0.2, -0.15) is 0 Å². The molecule has 0 bridgehead atoms. The monoisotopic (exact) mass is 428 g/mol. The largest absolute Gasteiger partial charge is 0.340 e. The number of nitrogens with one attached hydrogen (secondary N) is 2. The van der Waals surface area contributed by atoms with Crippen molar-refractivity contribution >= 4 is 39.9 Å². The third-order valence-corrected chi connectivity index (χ3v) is 5.33. The van der Waals surface area contributed by atoms with Crippen LogP contribution in [0.1, 0.15) is 34.8 Å². The number of amides is 2. The van der Waals surface area contributed by atoms with E-state index in [0.29, 0.717) is 22.1 Å². The van der Waals surface area contributed by atoms with E-state index in [1.807, 2.05) is 44.2 Å². The number of halogens is 1. The molecule has 3 rings (SSSR count). The molecule has 2 N–H and O–H groups in total. The summed E-state index contributed by atoms with van der Waals surface area (Å²) >= 11 is 7.18. The Morgan fingerprint density at radius 1 is 1.03 bits per heavy atom. The third-order valence-electron chi connectivity index (χ3n) is 4.24. The van der Waals surface area contributed by atoms with Crippen LogP contribution in [0.25, 0.3) is 0 Å². The number of hydrogen-bond acceptors (Lipinski definition) is 5. The van der Waals surface area contributed by atoms with E-state index >= 15 is 0 Å². The van der Waals surface area contributed by atoms with Crippen molar-refractivity contribution in [2.45, 2.75) is 26.3 Å². The molecule has 0 aliphatic rings. The van der Waals surface area contributed by atoms with E-state index < -0.39 is 6.04 Å². The second-order valence-electron chi connectivity index (χ2n) is 6.85. The molecule has 0 fully saturated rings. The van der Waals surface area contributed by atoms with Gasteiger partial charge >= 0.3 is 0 Å². The van der Waals surface area contributed by atoms with Crippen molar-refractivity contribution in [3.63, 3.8) is 0 Å². The van der Waals surface area contributed by atoms with Gasteiger partial charge in [0.1, 0.15) is 11.0 Å². The Hall–Kier alpha value is -2.77. The molecule has 150 valence electrons. The lowest BCUT2D eigenvalue weighted by molar-refractivity contribution is -0.118. The highest BCUT2D eigenvalue weighted by molar-refractivity contribution is 7.15. The normalized spacial score (nSPS) is 11.9. The number of anilines is 1. The molecule has 1 unspecified atom stereocenters. The van der Waals surface area contributed by atoms with E-state index in [1.165, 1.54) is 11.3 Å². The molecule has 1 atom stereocenters. The molecule has 1 heterocycles. The van der Waals surface area contributed by atoms with Crippen molar-refractivity contribution in [1.29, 1.82) is 0 Å². The van der Waals surface area contributed by atoms with E-state index in [-0.39, 0.29) is 17.7 Å². The molecular weight excluding hydrogens is 408 g/mol. The highest BCUT2D eigenvalue weighted by atomic mass is 35.5. The molecule has 0 aliphatic heterocycles. The van der Waals surface area contributed by atoms with Gasteiger partial charge in [0.25, 0.3) is 5.91 Å². The molecule has 1 aromatic heterocycles. The van der Waals surface area contributed by atoms with Crippen molar-refractivity contribution < 1.29 is 9.59 Å². The summed E-state index contributed by atoms with van der Waals surface area (Å²) in [6.45, 7) is 3.74.